The number of imidazole rings is 1. The molecule has 0 aliphatic heterocycles. The van der Waals surface area contributed by atoms with E-state index in [1.807, 2.05) is 6.92 Å². The van der Waals surface area contributed by atoms with Gasteiger partial charge in [0.15, 0.2) is 5.82 Å². The quantitative estimate of drug-likeness (QED) is 0.696. The molecule has 4 nitrogen and oxygen atoms in total. The van der Waals surface area contributed by atoms with E-state index >= 15 is 0 Å². The van der Waals surface area contributed by atoms with Gasteiger partial charge in [0, 0.05) is 6.04 Å². The van der Waals surface area contributed by atoms with Crippen LogP contribution in [0.25, 0.3) is 0 Å². The molecule has 1 aromatic rings. The van der Waals surface area contributed by atoms with Gasteiger partial charge in [-0.05, 0) is 26.2 Å². The molecule has 0 radical (unpaired) electrons. The molecular formula is C12H24N4. The number of nitrogen functional groups attached to an aromatic ring is 1. The molecule has 1 unspecified atom stereocenters. The van der Waals surface area contributed by atoms with Gasteiger partial charge in [0.2, 0.25) is 0 Å². The fourth-order valence-corrected chi connectivity index (χ4v) is 1.76. The zero-order valence-electron chi connectivity index (χ0n) is 10.8. The van der Waals surface area contributed by atoms with Crippen LogP contribution < -0.4 is 11.1 Å². The number of hydrogen-bond donors (Lipinski definition) is 3. The maximum Gasteiger partial charge on any atom is 0.168 e. The van der Waals surface area contributed by atoms with Crippen molar-refractivity contribution in [2.24, 2.45) is 5.92 Å². The highest BCUT2D eigenvalue weighted by Gasteiger charge is 2.08. The molecule has 0 saturated heterocycles. The van der Waals surface area contributed by atoms with Gasteiger partial charge in [0.05, 0.1) is 0 Å². The maximum atomic E-state index is 5.79. The van der Waals surface area contributed by atoms with Crippen LogP contribution in [-0.2, 0) is 0 Å². The average molecular weight is 224 g/mol. The van der Waals surface area contributed by atoms with Gasteiger partial charge < -0.3 is 16.0 Å². The van der Waals surface area contributed by atoms with E-state index in [1.165, 1.54) is 12.8 Å². The number of nitrogens with one attached hydrogen (secondary N) is 2. The summed E-state index contributed by atoms with van der Waals surface area (Å²) in [5.41, 5.74) is 5.79. The van der Waals surface area contributed by atoms with Gasteiger partial charge >= 0.3 is 0 Å². The van der Waals surface area contributed by atoms with Gasteiger partial charge in [0.1, 0.15) is 11.6 Å². The topological polar surface area (TPSA) is 66.7 Å². The molecule has 0 aliphatic rings. The number of nitrogens with zero attached hydrogens (tertiary/aromatic N) is 1. The van der Waals surface area contributed by atoms with Gasteiger partial charge in [0.25, 0.3) is 0 Å². The van der Waals surface area contributed by atoms with Crippen molar-refractivity contribution in [3.8, 4) is 0 Å². The molecular weight excluding hydrogens is 200 g/mol. The Morgan fingerprint density at radius 3 is 2.50 bits per heavy atom. The Morgan fingerprint density at radius 2 is 2.00 bits per heavy atom. The van der Waals surface area contributed by atoms with Crippen LogP contribution in [0.15, 0.2) is 0 Å². The SMILES string of the molecule is Cc1nc(NC(C)CCCC(C)C)c(N)[nH]1. The Bertz CT molecular complexity index is 317. The number of aromatic amines is 1. The van der Waals surface area contributed by atoms with E-state index in [1.54, 1.807) is 0 Å². The maximum absolute atomic E-state index is 5.79. The zero-order chi connectivity index (χ0) is 12.1. The highest BCUT2D eigenvalue weighted by Crippen LogP contribution is 2.17. The van der Waals surface area contributed by atoms with Gasteiger partial charge in [-0.3, -0.25) is 0 Å². The van der Waals surface area contributed by atoms with E-state index in [9.17, 15) is 0 Å². The first-order valence-corrected chi connectivity index (χ1v) is 6.07. The van der Waals surface area contributed by atoms with E-state index in [2.05, 4.69) is 36.1 Å². The van der Waals surface area contributed by atoms with Crippen molar-refractivity contribution in [3.63, 3.8) is 0 Å². The third-order valence-corrected chi connectivity index (χ3v) is 2.65. The third-order valence-electron chi connectivity index (χ3n) is 2.65. The van der Waals surface area contributed by atoms with Crippen LogP contribution in [0.3, 0.4) is 0 Å². The van der Waals surface area contributed by atoms with Crippen molar-refractivity contribution in [3.05, 3.63) is 5.82 Å². The Morgan fingerprint density at radius 1 is 1.31 bits per heavy atom. The predicted molar refractivity (Wildman–Crippen MR) is 69.5 cm³/mol. The zero-order valence-corrected chi connectivity index (χ0v) is 10.8. The first-order valence-electron chi connectivity index (χ1n) is 6.07. The Kier molecular flexibility index (Phi) is 4.65. The van der Waals surface area contributed by atoms with Crippen LogP contribution in [0.4, 0.5) is 11.6 Å². The lowest BCUT2D eigenvalue weighted by molar-refractivity contribution is 0.520. The standard InChI is InChI=1S/C12H24N4/c1-8(2)6-5-7-9(3)14-12-11(13)15-10(4)16-12/h8-9,14H,5-7,13H2,1-4H3,(H,15,16). The summed E-state index contributed by atoms with van der Waals surface area (Å²) in [7, 11) is 0. The molecule has 4 heteroatoms. The minimum absolute atomic E-state index is 0.420. The fourth-order valence-electron chi connectivity index (χ4n) is 1.76. The lowest BCUT2D eigenvalue weighted by Gasteiger charge is -2.14. The molecule has 1 rings (SSSR count). The molecule has 0 aliphatic carbocycles. The van der Waals surface area contributed by atoms with Crippen LogP contribution in [0.5, 0.6) is 0 Å². The largest absolute Gasteiger partial charge is 0.382 e. The molecule has 16 heavy (non-hydrogen) atoms. The van der Waals surface area contributed by atoms with Crippen molar-refractivity contribution in [2.75, 3.05) is 11.1 Å². The molecule has 0 fully saturated rings. The number of aryl methyl sites for hydroxylation is 1. The molecule has 0 bridgehead atoms. The first-order chi connectivity index (χ1) is 7.49. The number of H-pyrrole nitrogens is 1. The normalized spacial score (nSPS) is 13.1. The molecule has 0 amide bonds. The number of nitrogens with two attached hydrogens (primary N) is 1. The van der Waals surface area contributed by atoms with Gasteiger partial charge in [-0.25, -0.2) is 4.98 Å². The van der Waals surface area contributed by atoms with E-state index in [0.717, 1.165) is 24.0 Å². The second-order valence-corrected chi connectivity index (χ2v) is 4.95. The van der Waals surface area contributed by atoms with Crippen molar-refractivity contribution in [1.82, 2.24) is 9.97 Å². The molecule has 92 valence electrons. The molecule has 1 atom stereocenters. The van der Waals surface area contributed by atoms with Crippen LogP contribution in [0.1, 0.15) is 45.9 Å². The van der Waals surface area contributed by atoms with Crippen LogP contribution in [0, 0.1) is 12.8 Å². The Balaban J connectivity index is 2.34. The molecule has 0 aromatic carbocycles. The lowest BCUT2D eigenvalue weighted by atomic mass is 10.0. The highest BCUT2D eigenvalue weighted by molar-refractivity contribution is 5.57. The van der Waals surface area contributed by atoms with E-state index in [-0.39, 0.29) is 0 Å². The molecule has 1 aromatic heterocycles. The first kappa shape index (κ1) is 12.9. The van der Waals surface area contributed by atoms with Gasteiger partial charge in [-0.2, -0.15) is 0 Å². The van der Waals surface area contributed by atoms with Gasteiger partial charge in [-0.1, -0.05) is 26.7 Å². The molecule has 0 saturated carbocycles. The summed E-state index contributed by atoms with van der Waals surface area (Å²) in [6.07, 6.45) is 3.68. The molecule has 1 heterocycles. The number of hydrogen-bond acceptors (Lipinski definition) is 3. The summed E-state index contributed by atoms with van der Waals surface area (Å²) < 4.78 is 0. The average Bonchev–Trinajstić information content (AvgIpc) is 2.44. The minimum Gasteiger partial charge on any atom is -0.382 e. The Labute approximate surface area is 98.0 Å². The van der Waals surface area contributed by atoms with Crippen LogP contribution in [0.2, 0.25) is 0 Å². The monoisotopic (exact) mass is 224 g/mol. The molecule has 0 spiro atoms. The fraction of sp³-hybridized carbons (Fsp3) is 0.750. The summed E-state index contributed by atoms with van der Waals surface area (Å²) >= 11 is 0. The number of anilines is 2. The van der Waals surface area contributed by atoms with Gasteiger partial charge in [-0.15, -0.1) is 0 Å². The lowest BCUT2D eigenvalue weighted by Crippen LogP contribution is -2.16. The second-order valence-electron chi connectivity index (χ2n) is 4.95. The molecule has 4 N–H and O–H groups in total. The second kappa shape index (κ2) is 5.77. The summed E-state index contributed by atoms with van der Waals surface area (Å²) in [6.45, 7) is 8.59. The minimum atomic E-state index is 0.420. The van der Waals surface area contributed by atoms with Crippen molar-refractivity contribution >= 4 is 11.6 Å². The predicted octanol–water partition coefficient (Wildman–Crippen LogP) is 2.93. The third kappa shape index (κ3) is 4.13. The van der Waals surface area contributed by atoms with E-state index < -0.39 is 0 Å². The van der Waals surface area contributed by atoms with Crippen molar-refractivity contribution < 1.29 is 0 Å². The van der Waals surface area contributed by atoms with Crippen LogP contribution >= 0.6 is 0 Å². The number of rotatable bonds is 6. The summed E-state index contributed by atoms with van der Waals surface area (Å²) in [6, 6.07) is 0.420. The highest BCUT2D eigenvalue weighted by atomic mass is 15.1. The summed E-state index contributed by atoms with van der Waals surface area (Å²) in [4.78, 5) is 7.29. The van der Waals surface area contributed by atoms with Crippen molar-refractivity contribution in [1.29, 1.82) is 0 Å². The van der Waals surface area contributed by atoms with Crippen molar-refractivity contribution in [2.45, 2.75) is 53.0 Å². The Hall–Kier alpha value is -1.19. The summed E-state index contributed by atoms with van der Waals surface area (Å²) in [5, 5.41) is 3.34. The smallest absolute Gasteiger partial charge is 0.168 e. The van der Waals surface area contributed by atoms with Crippen LogP contribution in [-0.4, -0.2) is 16.0 Å². The van der Waals surface area contributed by atoms with E-state index in [0.29, 0.717) is 11.9 Å². The summed E-state index contributed by atoms with van der Waals surface area (Å²) in [5.74, 6) is 3.06. The van der Waals surface area contributed by atoms with E-state index in [4.69, 9.17) is 5.73 Å². The number of aromatic nitrogens is 2.